The first-order valence-electron chi connectivity index (χ1n) is 11.2. The molecule has 2 aromatic carbocycles. The van der Waals surface area contributed by atoms with Crippen LogP contribution in [0.1, 0.15) is 61.5 Å². The molecule has 6 heteroatoms. The van der Waals surface area contributed by atoms with Gasteiger partial charge >= 0.3 is 6.03 Å². The monoisotopic (exact) mass is 421 g/mol. The fourth-order valence-corrected chi connectivity index (χ4v) is 4.30. The number of carbonyl (C=O) groups excluding carboxylic acids is 2. The summed E-state index contributed by atoms with van der Waals surface area (Å²) < 4.78 is 5.82. The molecule has 3 amide bonds. The maximum atomic E-state index is 12.9. The molecule has 1 saturated heterocycles. The number of urea groups is 1. The Hall–Kier alpha value is -3.02. The van der Waals surface area contributed by atoms with Gasteiger partial charge in [0.2, 0.25) is 0 Å². The average molecular weight is 422 g/mol. The Morgan fingerprint density at radius 2 is 1.81 bits per heavy atom. The van der Waals surface area contributed by atoms with Crippen molar-refractivity contribution in [1.82, 2.24) is 15.5 Å². The Morgan fingerprint density at radius 3 is 2.58 bits per heavy atom. The van der Waals surface area contributed by atoms with Crippen LogP contribution in [0, 0.1) is 0 Å². The minimum atomic E-state index is -0.174. The summed E-state index contributed by atoms with van der Waals surface area (Å²) in [5.74, 6) is 0.901. The zero-order chi connectivity index (χ0) is 21.8. The highest BCUT2D eigenvalue weighted by atomic mass is 16.5. The highest BCUT2D eigenvalue weighted by molar-refractivity contribution is 5.95. The molecule has 1 unspecified atom stereocenters. The zero-order valence-corrected chi connectivity index (χ0v) is 18.3. The van der Waals surface area contributed by atoms with E-state index in [1.165, 1.54) is 6.42 Å². The van der Waals surface area contributed by atoms with Gasteiger partial charge in [-0.2, -0.15) is 0 Å². The van der Waals surface area contributed by atoms with E-state index in [-0.39, 0.29) is 24.0 Å². The van der Waals surface area contributed by atoms with E-state index < -0.39 is 0 Å². The van der Waals surface area contributed by atoms with Gasteiger partial charge in [0.15, 0.2) is 0 Å². The van der Waals surface area contributed by atoms with Crippen LogP contribution in [0.25, 0.3) is 11.1 Å². The normalized spacial score (nSPS) is 18.2. The Morgan fingerprint density at radius 1 is 1.03 bits per heavy atom. The molecule has 0 radical (unpaired) electrons. The van der Waals surface area contributed by atoms with Crippen LogP contribution in [0.15, 0.2) is 42.5 Å². The molecule has 2 aliphatic rings. The largest absolute Gasteiger partial charge is 0.493 e. The number of likely N-dealkylation sites (tertiary alicyclic amines) is 1. The first-order chi connectivity index (χ1) is 15.0. The summed E-state index contributed by atoms with van der Waals surface area (Å²) in [6, 6.07) is 13.6. The van der Waals surface area contributed by atoms with E-state index in [0.29, 0.717) is 6.61 Å². The van der Waals surface area contributed by atoms with Gasteiger partial charge in [0.25, 0.3) is 5.91 Å². The molecule has 31 heavy (non-hydrogen) atoms. The highest BCUT2D eigenvalue weighted by Crippen LogP contribution is 2.35. The predicted octanol–water partition coefficient (Wildman–Crippen LogP) is 4.51. The van der Waals surface area contributed by atoms with Crippen molar-refractivity contribution in [2.45, 2.75) is 51.6 Å². The highest BCUT2D eigenvalue weighted by Gasteiger charge is 2.24. The quantitative estimate of drug-likeness (QED) is 0.763. The minimum absolute atomic E-state index is 0.0748. The lowest BCUT2D eigenvalue weighted by Gasteiger charge is -2.28. The summed E-state index contributed by atoms with van der Waals surface area (Å²) in [5.41, 5.74) is 3.69. The lowest BCUT2D eigenvalue weighted by atomic mass is 9.94. The molecular weight excluding hydrogens is 390 g/mol. The molecule has 0 saturated carbocycles. The maximum Gasteiger partial charge on any atom is 0.315 e. The topological polar surface area (TPSA) is 70.7 Å². The van der Waals surface area contributed by atoms with Crippen molar-refractivity contribution in [3.63, 3.8) is 0 Å². The Labute approximate surface area is 184 Å². The second kappa shape index (κ2) is 9.41. The summed E-state index contributed by atoms with van der Waals surface area (Å²) in [6.45, 7) is 6.12. The molecule has 1 fully saturated rings. The summed E-state index contributed by atoms with van der Waals surface area (Å²) in [5, 5.41) is 5.95. The number of amides is 3. The van der Waals surface area contributed by atoms with Crippen LogP contribution in [0.4, 0.5) is 4.79 Å². The Bertz CT molecular complexity index is 951. The number of carbonyl (C=O) groups is 2. The first kappa shape index (κ1) is 21.2. The number of nitrogens with one attached hydrogen (secondary N) is 2. The van der Waals surface area contributed by atoms with Crippen LogP contribution in [0.3, 0.4) is 0 Å². The summed E-state index contributed by atoms with van der Waals surface area (Å²) in [6.07, 6.45) is 4.07. The van der Waals surface area contributed by atoms with Crippen molar-refractivity contribution >= 4 is 11.9 Å². The van der Waals surface area contributed by atoms with E-state index in [2.05, 4.69) is 16.7 Å². The second-order valence-electron chi connectivity index (χ2n) is 8.65. The summed E-state index contributed by atoms with van der Waals surface area (Å²) >= 11 is 0. The van der Waals surface area contributed by atoms with Gasteiger partial charge in [0, 0.05) is 36.7 Å². The number of hydrogen-bond acceptors (Lipinski definition) is 3. The Kier molecular flexibility index (Phi) is 6.44. The van der Waals surface area contributed by atoms with Gasteiger partial charge in [-0.3, -0.25) is 4.79 Å². The predicted molar refractivity (Wildman–Crippen MR) is 121 cm³/mol. The summed E-state index contributed by atoms with van der Waals surface area (Å²) in [7, 11) is 0. The molecule has 2 N–H and O–H groups in total. The standard InChI is InChI=1S/C25H31N3O3/c1-17(2)26-25(30)27-22-11-14-31-23-10-9-19(16-21(22)23)18-7-6-8-20(15-18)24(29)28-12-4-3-5-13-28/h6-10,15-17,22H,3-5,11-14H2,1-2H3,(H2,26,27,30). The third-order valence-corrected chi connectivity index (χ3v) is 5.86. The van der Waals surface area contributed by atoms with Gasteiger partial charge in [-0.1, -0.05) is 18.2 Å². The third kappa shape index (κ3) is 5.01. The lowest BCUT2D eigenvalue weighted by Crippen LogP contribution is -2.42. The van der Waals surface area contributed by atoms with E-state index in [9.17, 15) is 9.59 Å². The van der Waals surface area contributed by atoms with Gasteiger partial charge in [0.05, 0.1) is 12.6 Å². The number of hydrogen-bond donors (Lipinski definition) is 2. The van der Waals surface area contributed by atoms with Crippen molar-refractivity contribution in [1.29, 1.82) is 0 Å². The van der Waals surface area contributed by atoms with Crippen molar-refractivity contribution < 1.29 is 14.3 Å². The molecule has 2 aromatic rings. The number of piperidine rings is 1. The van der Waals surface area contributed by atoms with Crippen molar-refractivity contribution in [3.8, 4) is 16.9 Å². The van der Waals surface area contributed by atoms with Crippen molar-refractivity contribution in [2.24, 2.45) is 0 Å². The number of fused-ring (bicyclic) bond motifs is 1. The van der Waals surface area contributed by atoms with Crippen LogP contribution in [-0.4, -0.2) is 42.6 Å². The number of nitrogens with zero attached hydrogens (tertiary/aromatic N) is 1. The van der Waals surface area contributed by atoms with E-state index in [1.807, 2.05) is 55.1 Å². The van der Waals surface area contributed by atoms with Crippen LogP contribution < -0.4 is 15.4 Å². The molecule has 0 spiro atoms. The van der Waals surface area contributed by atoms with E-state index in [1.54, 1.807) is 0 Å². The molecule has 1 atom stereocenters. The fraction of sp³-hybridized carbons (Fsp3) is 0.440. The molecule has 2 aliphatic heterocycles. The zero-order valence-electron chi connectivity index (χ0n) is 18.3. The number of benzene rings is 2. The smallest absolute Gasteiger partial charge is 0.315 e. The lowest BCUT2D eigenvalue weighted by molar-refractivity contribution is 0.0724. The third-order valence-electron chi connectivity index (χ3n) is 5.86. The minimum Gasteiger partial charge on any atom is -0.493 e. The fourth-order valence-electron chi connectivity index (χ4n) is 4.30. The van der Waals surface area contributed by atoms with Gasteiger partial charge in [0.1, 0.15) is 5.75 Å². The van der Waals surface area contributed by atoms with Crippen molar-refractivity contribution in [2.75, 3.05) is 19.7 Å². The molecule has 4 rings (SSSR count). The Balaban J connectivity index is 1.57. The SMILES string of the molecule is CC(C)NC(=O)NC1CCOc2ccc(-c3cccc(C(=O)N4CCCCC4)c3)cc21. The molecule has 0 bridgehead atoms. The van der Waals surface area contributed by atoms with E-state index in [4.69, 9.17) is 4.74 Å². The van der Waals surface area contributed by atoms with E-state index >= 15 is 0 Å². The van der Waals surface area contributed by atoms with Gasteiger partial charge < -0.3 is 20.3 Å². The van der Waals surface area contributed by atoms with E-state index in [0.717, 1.165) is 60.4 Å². The van der Waals surface area contributed by atoms with Gasteiger partial charge in [-0.25, -0.2) is 4.79 Å². The number of ether oxygens (including phenoxy) is 1. The number of rotatable bonds is 4. The maximum absolute atomic E-state index is 12.9. The molecule has 0 aromatic heterocycles. The molecular formula is C25H31N3O3. The first-order valence-corrected chi connectivity index (χ1v) is 11.2. The average Bonchev–Trinajstić information content (AvgIpc) is 2.78. The summed E-state index contributed by atoms with van der Waals surface area (Å²) in [4.78, 5) is 27.1. The van der Waals surface area contributed by atoms with Crippen LogP contribution in [0.5, 0.6) is 5.75 Å². The van der Waals surface area contributed by atoms with Crippen LogP contribution >= 0.6 is 0 Å². The second-order valence-corrected chi connectivity index (χ2v) is 8.65. The molecule has 2 heterocycles. The van der Waals surface area contributed by atoms with Crippen LogP contribution in [0.2, 0.25) is 0 Å². The van der Waals surface area contributed by atoms with Gasteiger partial charge in [-0.05, 0) is 68.5 Å². The molecule has 164 valence electrons. The van der Waals surface area contributed by atoms with Gasteiger partial charge in [-0.15, -0.1) is 0 Å². The van der Waals surface area contributed by atoms with Crippen LogP contribution in [-0.2, 0) is 0 Å². The van der Waals surface area contributed by atoms with Crippen molar-refractivity contribution in [3.05, 3.63) is 53.6 Å². The molecule has 6 nitrogen and oxygen atoms in total. The molecule has 0 aliphatic carbocycles.